The maximum Gasteiger partial charge on any atom is 0.340 e. The molecule has 7 nitrogen and oxygen atoms in total. The first-order valence-electron chi connectivity index (χ1n) is 9.12. The molecule has 154 valence electrons. The molecule has 0 atom stereocenters. The van der Waals surface area contributed by atoms with E-state index in [-0.39, 0.29) is 28.4 Å². The summed E-state index contributed by atoms with van der Waals surface area (Å²) in [7, 11) is 2.66. The molecule has 3 rings (SSSR count). The van der Waals surface area contributed by atoms with E-state index in [0.717, 1.165) is 0 Å². The lowest BCUT2D eigenvalue weighted by Crippen LogP contribution is -2.24. The van der Waals surface area contributed by atoms with Crippen molar-refractivity contribution in [3.8, 4) is 11.5 Å². The van der Waals surface area contributed by atoms with E-state index in [1.165, 1.54) is 38.2 Å². The lowest BCUT2D eigenvalue weighted by atomic mass is 10.0. The molecule has 0 bridgehead atoms. The summed E-state index contributed by atoms with van der Waals surface area (Å²) in [5, 5.41) is 9.80. The smallest absolute Gasteiger partial charge is 0.340 e. The maximum atomic E-state index is 13.3. The fourth-order valence-corrected chi connectivity index (χ4v) is 3.31. The number of methoxy groups -OCH3 is 2. The minimum absolute atomic E-state index is 0.0417. The predicted octanol–water partition coefficient (Wildman–Crippen LogP) is 3.48. The highest BCUT2D eigenvalue weighted by Crippen LogP contribution is 2.36. The van der Waals surface area contributed by atoms with E-state index < -0.39 is 11.9 Å². The van der Waals surface area contributed by atoms with Crippen molar-refractivity contribution in [3.05, 3.63) is 70.4 Å². The molecular formula is C23H21NO6. The van der Waals surface area contributed by atoms with Gasteiger partial charge in [0, 0.05) is 16.9 Å². The number of amides is 1. The second kappa shape index (κ2) is 8.24. The van der Waals surface area contributed by atoms with Crippen LogP contribution in [0.4, 0.5) is 5.69 Å². The van der Waals surface area contributed by atoms with E-state index in [1.54, 1.807) is 43.3 Å². The largest absolute Gasteiger partial charge is 0.504 e. The fraction of sp³-hybridized carbons (Fsp3) is 0.174. The van der Waals surface area contributed by atoms with Crippen LogP contribution in [0, 0.1) is 0 Å². The molecule has 1 N–H and O–H groups in total. The summed E-state index contributed by atoms with van der Waals surface area (Å²) >= 11 is 0. The summed E-state index contributed by atoms with van der Waals surface area (Å²) in [6, 6.07) is 11.2. The SMILES string of the molecule is COC(=O)C1=C(C)N(c2cccc(C(C)=O)c2)C(=O)/C1=C/c1ccc(O)c(OC)c1. The van der Waals surface area contributed by atoms with Crippen molar-refractivity contribution in [3.63, 3.8) is 0 Å². The number of phenolic OH excluding ortho intramolecular Hbond substituents is 1. The number of carbonyl (C=O) groups is 3. The van der Waals surface area contributed by atoms with Gasteiger partial charge in [-0.2, -0.15) is 0 Å². The monoisotopic (exact) mass is 407 g/mol. The lowest BCUT2D eigenvalue weighted by Gasteiger charge is -2.18. The fourth-order valence-electron chi connectivity index (χ4n) is 3.31. The molecule has 0 unspecified atom stereocenters. The number of nitrogens with zero attached hydrogens (tertiary/aromatic N) is 1. The van der Waals surface area contributed by atoms with Gasteiger partial charge >= 0.3 is 5.97 Å². The van der Waals surface area contributed by atoms with Crippen molar-refractivity contribution in [2.24, 2.45) is 0 Å². The van der Waals surface area contributed by atoms with Crippen LogP contribution in [0.3, 0.4) is 0 Å². The van der Waals surface area contributed by atoms with Crippen LogP contribution in [0.1, 0.15) is 29.8 Å². The van der Waals surface area contributed by atoms with E-state index in [4.69, 9.17) is 9.47 Å². The number of phenols is 1. The highest BCUT2D eigenvalue weighted by Gasteiger charge is 2.38. The topological polar surface area (TPSA) is 93.1 Å². The Labute approximate surface area is 173 Å². The molecule has 2 aromatic rings. The van der Waals surface area contributed by atoms with E-state index in [2.05, 4.69) is 0 Å². The van der Waals surface area contributed by atoms with Gasteiger partial charge < -0.3 is 14.6 Å². The summed E-state index contributed by atoms with van der Waals surface area (Å²) in [4.78, 5) is 38.9. The molecule has 1 aliphatic rings. The molecule has 0 radical (unpaired) electrons. The zero-order valence-electron chi connectivity index (χ0n) is 17.1. The molecule has 0 aliphatic carbocycles. The second-order valence-corrected chi connectivity index (χ2v) is 6.69. The molecule has 0 spiro atoms. The van der Waals surface area contributed by atoms with Crippen LogP contribution >= 0.6 is 0 Å². The summed E-state index contributed by atoms with van der Waals surface area (Å²) in [5.41, 5.74) is 2.14. The Morgan fingerprint density at radius 3 is 2.47 bits per heavy atom. The van der Waals surface area contributed by atoms with E-state index in [0.29, 0.717) is 22.5 Å². The number of ketones is 1. The van der Waals surface area contributed by atoms with Gasteiger partial charge in [-0.05, 0) is 49.8 Å². The first-order valence-corrected chi connectivity index (χ1v) is 9.12. The standard InChI is InChI=1S/C23H21NO6/c1-13-21(23(28)30-4)18(10-15-8-9-19(26)20(11-15)29-3)22(27)24(13)17-7-5-6-16(12-17)14(2)25/h5-12,26H,1-4H3/b18-10+. The average molecular weight is 407 g/mol. The van der Waals surface area contributed by atoms with Crippen molar-refractivity contribution in [2.45, 2.75) is 13.8 Å². The highest BCUT2D eigenvalue weighted by atomic mass is 16.5. The zero-order valence-corrected chi connectivity index (χ0v) is 17.1. The number of esters is 1. The van der Waals surface area contributed by atoms with Crippen molar-refractivity contribution in [1.82, 2.24) is 0 Å². The number of ether oxygens (including phenoxy) is 2. The Kier molecular flexibility index (Phi) is 5.73. The third-order valence-electron chi connectivity index (χ3n) is 4.82. The Balaban J connectivity index is 2.15. The van der Waals surface area contributed by atoms with Gasteiger partial charge in [-0.15, -0.1) is 0 Å². The number of Topliss-reactive ketones (excluding diaryl/α,β-unsaturated/α-hetero) is 1. The summed E-state index contributed by atoms with van der Waals surface area (Å²) in [6.07, 6.45) is 1.54. The quantitative estimate of drug-likeness (QED) is 0.463. The Morgan fingerprint density at radius 1 is 1.10 bits per heavy atom. The van der Waals surface area contributed by atoms with Crippen LogP contribution in [0.25, 0.3) is 6.08 Å². The predicted molar refractivity (Wildman–Crippen MR) is 111 cm³/mol. The third-order valence-corrected chi connectivity index (χ3v) is 4.82. The third kappa shape index (κ3) is 3.69. The van der Waals surface area contributed by atoms with Gasteiger partial charge in [-0.25, -0.2) is 4.79 Å². The van der Waals surface area contributed by atoms with Crippen molar-refractivity contribution in [1.29, 1.82) is 0 Å². The van der Waals surface area contributed by atoms with E-state index in [9.17, 15) is 19.5 Å². The van der Waals surface area contributed by atoms with E-state index >= 15 is 0 Å². The number of rotatable bonds is 5. The molecule has 7 heteroatoms. The van der Waals surface area contributed by atoms with Gasteiger partial charge in [0.2, 0.25) is 0 Å². The Morgan fingerprint density at radius 2 is 1.83 bits per heavy atom. The summed E-state index contributed by atoms with van der Waals surface area (Å²) < 4.78 is 10.0. The number of hydrogen-bond acceptors (Lipinski definition) is 6. The first-order chi connectivity index (χ1) is 14.3. The van der Waals surface area contributed by atoms with E-state index in [1.807, 2.05) is 0 Å². The molecule has 0 saturated heterocycles. The summed E-state index contributed by atoms with van der Waals surface area (Å²) in [5.74, 6) is -1.02. The molecular weight excluding hydrogens is 386 g/mol. The van der Waals surface area contributed by atoms with Gasteiger partial charge in [0.15, 0.2) is 17.3 Å². The van der Waals surface area contributed by atoms with Crippen LogP contribution in [-0.2, 0) is 14.3 Å². The molecule has 0 aromatic heterocycles. The highest BCUT2D eigenvalue weighted by molar-refractivity contribution is 6.24. The van der Waals surface area contributed by atoms with Gasteiger partial charge in [0.25, 0.3) is 5.91 Å². The molecule has 0 fully saturated rings. The van der Waals surface area contributed by atoms with Crippen LogP contribution in [0.2, 0.25) is 0 Å². The summed E-state index contributed by atoms with van der Waals surface area (Å²) in [6.45, 7) is 3.08. The minimum Gasteiger partial charge on any atom is -0.504 e. The van der Waals surface area contributed by atoms with Crippen molar-refractivity contribution >= 4 is 29.4 Å². The molecule has 1 aliphatic heterocycles. The first kappa shape index (κ1) is 20.9. The molecule has 1 heterocycles. The molecule has 2 aromatic carbocycles. The molecule has 0 saturated carbocycles. The number of hydrogen-bond donors (Lipinski definition) is 1. The molecule has 30 heavy (non-hydrogen) atoms. The number of carbonyl (C=O) groups excluding carboxylic acids is 3. The average Bonchev–Trinajstić information content (AvgIpc) is 2.98. The number of anilines is 1. The van der Waals surface area contributed by atoms with Crippen molar-refractivity contribution < 1.29 is 29.0 Å². The number of allylic oxidation sites excluding steroid dienone is 1. The van der Waals surface area contributed by atoms with Crippen LogP contribution < -0.4 is 9.64 Å². The van der Waals surface area contributed by atoms with Gasteiger partial charge in [-0.1, -0.05) is 18.2 Å². The number of aromatic hydroxyl groups is 1. The van der Waals surface area contributed by atoms with Crippen LogP contribution in [-0.4, -0.2) is 37.0 Å². The number of benzene rings is 2. The molecule has 1 amide bonds. The Bertz CT molecular complexity index is 1110. The van der Waals surface area contributed by atoms with Gasteiger partial charge in [-0.3, -0.25) is 14.5 Å². The lowest BCUT2D eigenvalue weighted by molar-refractivity contribution is -0.136. The maximum absolute atomic E-state index is 13.3. The zero-order chi connectivity index (χ0) is 22.0. The normalized spacial score (nSPS) is 15.0. The van der Waals surface area contributed by atoms with Crippen molar-refractivity contribution in [2.75, 3.05) is 19.1 Å². The van der Waals surface area contributed by atoms with Crippen LogP contribution in [0.15, 0.2) is 59.3 Å². The van der Waals surface area contributed by atoms with Gasteiger partial charge in [0.1, 0.15) is 0 Å². The minimum atomic E-state index is -0.650. The van der Waals surface area contributed by atoms with Crippen LogP contribution in [0.5, 0.6) is 11.5 Å². The Hall–Kier alpha value is -3.87. The second-order valence-electron chi connectivity index (χ2n) is 6.69. The van der Waals surface area contributed by atoms with Gasteiger partial charge in [0.05, 0.1) is 25.4 Å².